The van der Waals surface area contributed by atoms with Crippen molar-refractivity contribution in [3.63, 3.8) is 0 Å². The molecule has 82 valence electrons. The summed E-state index contributed by atoms with van der Waals surface area (Å²) in [4.78, 5) is 21.7. The van der Waals surface area contributed by atoms with Gasteiger partial charge in [-0.3, -0.25) is 14.8 Å². The molecule has 5 N–H and O–H groups in total. The molecule has 1 atom stereocenters. The van der Waals surface area contributed by atoms with Crippen molar-refractivity contribution in [2.24, 2.45) is 5.73 Å². The fourth-order valence-corrected chi connectivity index (χ4v) is 1.20. The van der Waals surface area contributed by atoms with Crippen molar-refractivity contribution in [1.82, 2.24) is 10.8 Å². The molecule has 6 nitrogen and oxygen atoms in total. The maximum atomic E-state index is 11.2. The van der Waals surface area contributed by atoms with Gasteiger partial charge in [0.15, 0.2) is 0 Å². The van der Waals surface area contributed by atoms with E-state index < -0.39 is 11.9 Å². The Labute approximate surface area is 86.6 Å². The summed E-state index contributed by atoms with van der Waals surface area (Å²) in [5.41, 5.74) is 6.92. The molecule has 7 heteroatoms. The predicted molar refractivity (Wildman–Crippen MR) is 53.9 cm³/mol. The Balaban J connectivity index is 3.67. The van der Waals surface area contributed by atoms with Crippen LogP contribution in [0.15, 0.2) is 0 Å². The van der Waals surface area contributed by atoms with Gasteiger partial charge in [0.25, 0.3) is 5.91 Å². The minimum Gasteiger partial charge on any atom is -0.346 e. The lowest BCUT2D eigenvalue weighted by Crippen LogP contribution is -2.44. The van der Waals surface area contributed by atoms with E-state index in [9.17, 15) is 9.59 Å². The van der Waals surface area contributed by atoms with Crippen LogP contribution in [0.2, 0.25) is 0 Å². The van der Waals surface area contributed by atoms with E-state index in [-0.39, 0.29) is 12.5 Å². The van der Waals surface area contributed by atoms with E-state index in [0.717, 1.165) is 5.75 Å². The van der Waals surface area contributed by atoms with Crippen LogP contribution in [0.4, 0.5) is 0 Å². The number of carbonyl (C=O) groups excluding carboxylic acids is 2. The number of hydrogen-bond donors (Lipinski definition) is 4. The van der Waals surface area contributed by atoms with E-state index in [0.29, 0.717) is 6.42 Å². The zero-order valence-corrected chi connectivity index (χ0v) is 8.76. The molecule has 0 unspecified atom stereocenters. The second-order valence-corrected chi connectivity index (χ2v) is 3.63. The lowest BCUT2D eigenvalue weighted by atomic mass is 10.2. The van der Waals surface area contributed by atoms with Gasteiger partial charge in [0, 0.05) is 0 Å². The molecule has 0 rings (SSSR count). The molecule has 0 aromatic heterocycles. The van der Waals surface area contributed by atoms with Crippen molar-refractivity contribution < 1.29 is 14.8 Å². The van der Waals surface area contributed by atoms with Gasteiger partial charge in [-0.1, -0.05) is 0 Å². The Morgan fingerprint density at radius 3 is 2.71 bits per heavy atom. The normalized spacial score (nSPS) is 11.9. The standard InChI is InChI=1S/C7H15N3O3S/c1-14-3-2-5(8)7(12)9-4-6(11)10-13/h5,13H,2-4,8H2,1H3,(H,9,12)(H,10,11)/t5-/m0/s1. The molecular weight excluding hydrogens is 206 g/mol. The van der Waals surface area contributed by atoms with Crippen molar-refractivity contribution in [1.29, 1.82) is 0 Å². The molecule has 0 spiro atoms. The molecule has 0 saturated heterocycles. The maximum absolute atomic E-state index is 11.2. The lowest BCUT2D eigenvalue weighted by molar-refractivity contribution is -0.131. The molecule has 0 fully saturated rings. The number of nitrogens with one attached hydrogen (secondary N) is 2. The fraction of sp³-hybridized carbons (Fsp3) is 0.714. The Hall–Kier alpha value is -0.790. The summed E-state index contributed by atoms with van der Waals surface area (Å²) in [6, 6.07) is -0.603. The van der Waals surface area contributed by atoms with E-state index in [4.69, 9.17) is 10.9 Å². The number of hydroxylamine groups is 1. The first kappa shape index (κ1) is 13.2. The summed E-state index contributed by atoms with van der Waals surface area (Å²) in [7, 11) is 0. The highest BCUT2D eigenvalue weighted by Crippen LogP contribution is 1.98. The third-order valence-electron chi connectivity index (χ3n) is 1.52. The summed E-state index contributed by atoms with van der Waals surface area (Å²) < 4.78 is 0. The van der Waals surface area contributed by atoms with Crippen molar-refractivity contribution >= 4 is 23.6 Å². The van der Waals surface area contributed by atoms with Crippen LogP contribution in [0.25, 0.3) is 0 Å². The molecule has 0 aliphatic heterocycles. The van der Waals surface area contributed by atoms with Crippen molar-refractivity contribution in [2.75, 3.05) is 18.6 Å². The topological polar surface area (TPSA) is 104 Å². The molecule has 2 amide bonds. The van der Waals surface area contributed by atoms with Gasteiger partial charge in [0.05, 0.1) is 12.6 Å². The number of rotatable bonds is 6. The second-order valence-electron chi connectivity index (χ2n) is 2.64. The first-order valence-electron chi connectivity index (χ1n) is 4.07. The van der Waals surface area contributed by atoms with Gasteiger partial charge in [0.1, 0.15) is 0 Å². The van der Waals surface area contributed by atoms with Crippen LogP contribution >= 0.6 is 11.8 Å². The summed E-state index contributed by atoms with van der Waals surface area (Å²) >= 11 is 1.60. The maximum Gasteiger partial charge on any atom is 0.262 e. The first-order valence-corrected chi connectivity index (χ1v) is 5.46. The van der Waals surface area contributed by atoms with Crippen molar-refractivity contribution in [2.45, 2.75) is 12.5 Å². The molecule has 0 saturated carbocycles. The molecule has 0 bridgehead atoms. The zero-order valence-electron chi connectivity index (χ0n) is 7.95. The van der Waals surface area contributed by atoms with Gasteiger partial charge in [0.2, 0.25) is 5.91 Å². The van der Waals surface area contributed by atoms with Crippen LogP contribution in [0.1, 0.15) is 6.42 Å². The summed E-state index contributed by atoms with van der Waals surface area (Å²) in [6.07, 6.45) is 2.48. The average molecular weight is 221 g/mol. The number of hydrogen-bond acceptors (Lipinski definition) is 5. The highest BCUT2D eigenvalue weighted by atomic mass is 32.2. The molecule has 0 radical (unpaired) electrons. The lowest BCUT2D eigenvalue weighted by Gasteiger charge is -2.10. The second kappa shape index (κ2) is 7.60. The Morgan fingerprint density at radius 2 is 2.21 bits per heavy atom. The van der Waals surface area contributed by atoms with Crippen molar-refractivity contribution in [3.8, 4) is 0 Å². The largest absolute Gasteiger partial charge is 0.346 e. The van der Waals surface area contributed by atoms with Gasteiger partial charge in [-0.15, -0.1) is 0 Å². The smallest absolute Gasteiger partial charge is 0.262 e. The number of thioether (sulfide) groups is 1. The summed E-state index contributed by atoms with van der Waals surface area (Å²) in [6.45, 7) is -0.262. The Morgan fingerprint density at radius 1 is 1.57 bits per heavy atom. The number of nitrogens with two attached hydrogens (primary N) is 1. The molecular formula is C7H15N3O3S. The van der Waals surface area contributed by atoms with E-state index in [1.165, 1.54) is 5.48 Å². The zero-order chi connectivity index (χ0) is 11.0. The van der Waals surface area contributed by atoms with Gasteiger partial charge in [-0.2, -0.15) is 11.8 Å². The van der Waals surface area contributed by atoms with Crippen LogP contribution < -0.4 is 16.5 Å². The molecule has 0 aliphatic carbocycles. The third kappa shape index (κ3) is 5.79. The van der Waals surface area contributed by atoms with E-state index in [2.05, 4.69) is 5.32 Å². The molecule has 0 aromatic rings. The van der Waals surface area contributed by atoms with Crippen LogP contribution in [-0.2, 0) is 9.59 Å². The quantitative estimate of drug-likeness (QED) is 0.329. The molecule has 0 aromatic carbocycles. The summed E-state index contributed by atoms with van der Waals surface area (Å²) in [5, 5.41) is 10.4. The van der Waals surface area contributed by atoms with Gasteiger partial charge >= 0.3 is 0 Å². The van der Waals surface area contributed by atoms with Gasteiger partial charge in [-0.25, -0.2) is 5.48 Å². The minimum atomic E-state index is -0.671. The predicted octanol–water partition coefficient (Wildman–Crippen LogP) is -1.31. The SMILES string of the molecule is CSCC[C@H](N)C(=O)NCC(=O)NO. The Kier molecular flexibility index (Phi) is 7.17. The monoisotopic (exact) mass is 221 g/mol. The average Bonchev–Trinajstić information content (AvgIpc) is 2.21. The Bertz CT molecular complexity index is 201. The van der Waals surface area contributed by atoms with Gasteiger partial charge in [-0.05, 0) is 18.4 Å². The fourth-order valence-electron chi connectivity index (χ4n) is 0.714. The highest BCUT2D eigenvalue weighted by Gasteiger charge is 2.13. The minimum absolute atomic E-state index is 0.262. The number of amides is 2. The molecule has 14 heavy (non-hydrogen) atoms. The van der Waals surface area contributed by atoms with E-state index in [1.54, 1.807) is 11.8 Å². The third-order valence-corrected chi connectivity index (χ3v) is 2.16. The van der Waals surface area contributed by atoms with E-state index >= 15 is 0 Å². The van der Waals surface area contributed by atoms with Crippen LogP contribution in [0.3, 0.4) is 0 Å². The summed E-state index contributed by atoms with van der Waals surface area (Å²) in [5.74, 6) is -0.265. The van der Waals surface area contributed by atoms with Gasteiger partial charge < -0.3 is 11.1 Å². The molecule has 0 heterocycles. The van der Waals surface area contributed by atoms with E-state index in [1.807, 2.05) is 6.26 Å². The number of carbonyl (C=O) groups is 2. The highest BCUT2D eigenvalue weighted by molar-refractivity contribution is 7.98. The van der Waals surface area contributed by atoms with Crippen molar-refractivity contribution in [3.05, 3.63) is 0 Å². The first-order chi connectivity index (χ1) is 6.61. The van der Waals surface area contributed by atoms with Crippen LogP contribution in [-0.4, -0.2) is 41.6 Å². The van der Waals surface area contributed by atoms with Crippen LogP contribution in [0, 0.1) is 0 Å². The molecule has 0 aliphatic rings. The van der Waals surface area contributed by atoms with Crippen LogP contribution in [0.5, 0.6) is 0 Å².